The maximum absolute atomic E-state index is 3.41. The molecule has 0 amide bonds. The zero-order chi connectivity index (χ0) is 16.2. The molecule has 2 rings (SSSR count). The van der Waals surface area contributed by atoms with Crippen molar-refractivity contribution in [2.24, 2.45) is 0 Å². The van der Waals surface area contributed by atoms with Crippen LogP contribution in [0.15, 0.2) is 71.2 Å². The van der Waals surface area contributed by atoms with Crippen LogP contribution >= 0.6 is 0 Å². The molecule has 2 aromatic carbocycles. The summed E-state index contributed by atoms with van der Waals surface area (Å²) in [4.78, 5) is 0. The Morgan fingerprint density at radius 2 is 1.61 bits per heavy atom. The van der Waals surface area contributed by atoms with Crippen LogP contribution in [-0.4, -0.2) is 15.0 Å². The zero-order valence-corrected chi connectivity index (χ0v) is 15.5. The molecule has 0 atom stereocenters. The van der Waals surface area contributed by atoms with Gasteiger partial charge in [-0.2, -0.15) is 0 Å². The molecule has 0 spiro atoms. The van der Waals surface area contributed by atoms with Crippen molar-refractivity contribution in [1.82, 2.24) is 0 Å². The minimum atomic E-state index is 0.299. The SMILES string of the molecule is CCCCCC/C=C(/C#Cc1ccccc1)[Se]c1ccccc1. The fourth-order valence-electron chi connectivity index (χ4n) is 2.19. The van der Waals surface area contributed by atoms with Crippen molar-refractivity contribution in [1.29, 1.82) is 0 Å². The fraction of sp³-hybridized carbons (Fsp3) is 0.273. The van der Waals surface area contributed by atoms with E-state index in [0.717, 1.165) is 12.0 Å². The van der Waals surface area contributed by atoms with Gasteiger partial charge in [0, 0.05) is 0 Å². The van der Waals surface area contributed by atoms with Crippen molar-refractivity contribution >= 4 is 19.4 Å². The second kappa shape index (κ2) is 10.9. The fourth-order valence-corrected chi connectivity index (χ4v) is 3.98. The van der Waals surface area contributed by atoms with Gasteiger partial charge < -0.3 is 0 Å². The van der Waals surface area contributed by atoms with Crippen LogP contribution in [0.1, 0.15) is 44.6 Å². The molecular formula is C22H24Se. The van der Waals surface area contributed by atoms with E-state index in [9.17, 15) is 0 Å². The van der Waals surface area contributed by atoms with Gasteiger partial charge in [0.25, 0.3) is 0 Å². The quantitative estimate of drug-likeness (QED) is 0.370. The van der Waals surface area contributed by atoms with E-state index in [1.807, 2.05) is 18.2 Å². The van der Waals surface area contributed by atoms with Gasteiger partial charge in [-0.15, -0.1) is 0 Å². The van der Waals surface area contributed by atoms with Gasteiger partial charge in [-0.25, -0.2) is 0 Å². The third kappa shape index (κ3) is 7.38. The summed E-state index contributed by atoms with van der Waals surface area (Å²) < 4.78 is 2.69. The molecule has 0 saturated heterocycles. The summed E-state index contributed by atoms with van der Waals surface area (Å²) in [7, 11) is 0. The summed E-state index contributed by atoms with van der Waals surface area (Å²) in [6.45, 7) is 2.26. The Hall–Kier alpha value is -1.74. The summed E-state index contributed by atoms with van der Waals surface area (Å²) in [5.74, 6) is 6.73. The van der Waals surface area contributed by atoms with Crippen LogP contribution in [0.3, 0.4) is 0 Å². The van der Waals surface area contributed by atoms with E-state index in [4.69, 9.17) is 0 Å². The molecule has 0 aliphatic heterocycles. The maximum atomic E-state index is 3.41. The summed E-state index contributed by atoms with van der Waals surface area (Å²) in [6, 6.07) is 21.0. The topological polar surface area (TPSA) is 0 Å². The number of hydrogen-bond acceptors (Lipinski definition) is 0. The Labute approximate surface area is 147 Å². The molecule has 1 heteroatoms. The molecular weight excluding hydrogens is 343 g/mol. The Bertz CT molecular complexity index is 645. The van der Waals surface area contributed by atoms with Crippen molar-refractivity contribution in [3.63, 3.8) is 0 Å². The van der Waals surface area contributed by atoms with Crippen LogP contribution in [0.4, 0.5) is 0 Å². The van der Waals surface area contributed by atoms with Crippen molar-refractivity contribution in [2.45, 2.75) is 39.0 Å². The average molecular weight is 367 g/mol. The Morgan fingerprint density at radius 3 is 2.30 bits per heavy atom. The molecule has 0 bridgehead atoms. The molecule has 0 aromatic heterocycles. The molecule has 2 aromatic rings. The van der Waals surface area contributed by atoms with Crippen LogP contribution in [0, 0.1) is 11.8 Å². The summed E-state index contributed by atoms with van der Waals surface area (Å²) in [5.41, 5.74) is 1.09. The van der Waals surface area contributed by atoms with Crippen LogP contribution < -0.4 is 4.46 Å². The van der Waals surface area contributed by atoms with Crippen LogP contribution in [0.5, 0.6) is 0 Å². The molecule has 0 unspecified atom stereocenters. The first-order chi connectivity index (χ1) is 11.4. The van der Waals surface area contributed by atoms with Gasteiger partial charge in [-0.05, 0) is 0 Å². The molecule has 0 nitrogen and oxygen atoms in total. The molecule has 0 heterocycles. The van der Waals surface area contributed by atoms with Gasteiger partial charge in [0.2, 0.25) is 0 Å². The molecule has 0 saturated carbocycles. The second-order valence-corrected chi connectivity index (χ2v) is 7.79. The minimum absolute atomic E-state index is 0.299. The third-order valence-electron chi connectivity index (χ3n) is 3.46. The van der Waals surface area contributed by atoms with Gasteiger partial charge in [0.1, 0.15) is 0 Å². The normalized spacial score (nSPS) is 10.9. The molecule has 23 heavy (non-hydrogen) atoms. The molecule has 0 aliphatic carbocycles. The van der Waals surface area contributed by atoms with Gasteiger partial charge in [-0.3, -0.25) is 0 Å². The number of benzene rings is 2. The number of allylic oxidation sites excluding steroid dienone is 2. The van der Waals surface area contributed by atoms with Crippen molar-refractivity contribution < 1.29 is 0 Å². The van der Waals surface area contributed by atoms with Crippen LogP contribution in [0.25, 0.3) is 0 Å². The van der Waals surface area contributed by atoms with E-state index < -0.39 is 0 Å². The van der Waals surface area contributed by atoms with Crippen LogP contribution in [0.2, 0.25) is 0 Å². The van der Waals surface area contributed by atoms with Crippen molar-refractivity contribution in [3.8, 4) is 11.8 Å². The molecule has 0 aliphatic rings. The second-order valence-electron chi connectivity index (χ2n) is 5.45. The monoisotopic (exact) mass is 368 g/mol. The standard InChI is InChI=1S/C22H24Se/c1-2-3-4-5-10-17-22(23-21-15-11-7-12-16-21)19-18-20-13-8-6-9-14-20/h6-9,11-17H,2-5,10H2,1H3/b22-17-. The molecule has 0 radical (unpaired) electrons. The Kier molecular flexibility index (Phi) is 8.34. The Morgan fingerprint density at radius 1 is 0.913 bits per heavy atom. The van der Waals surface area contributed by atoms with E-state index in [-0.39, 0.29) is 0 Å². The predicted octanol–water partition coefficient (Wildman–Crippen LogP) is 4.92. The van der Waals surface area contributed by atoms with E-state index in [2.05, 4.69) is 67.3 Å². The van der Waals surface area contributed by atoms with E-state index >= 15 is 0 Å². The average Bonchev–Trinajstić information content (AvgIpc) is 2.61. The van der Waals surface area contributed by atoms with Gasteiger partial charge in [-0.1, -0.05) is 0 Å². The number of rotatable bonds is 7. The molecule has 0 N–H and O–H groups in total. The van der Waals surface area contributed by atoms with E-state index in [1.165, 1.54) is 34.6 Å². The summed E-state index contributed by atoms with van der Waals surface area (Å²) >= 11 is 0.299. The van der Waals surface area contributed by atoms with Crippen molar-refractivity contribution in [3.05, 3.63) is 76.8 Å². The number of unbranched alkanes of at least 4 members (excludes halogenated alkanes) is 4. The molecule has 118 valence electrons. The summed E-state index contributed by atoms with van der Waals surface area (Å²) in [5, 5.41) is 0. The van der Waals surface area contributed by atoms with E-state index in [0.29, 0.717) is 15.0 Å². The first-order valence-corrected chi connectivity index (χ1v) is 10.1. The Balaban J connectivity index is 2.05. The third-order valence-corrected chi connectivity index (χ3v) is 5.55. The first-order valence-electron chi connectivity index (χ1n) is 8.38. The van der Waals surface area contributed by atoms with Crippen molar-refractivity contribution in [2.75, 3.05) is 0 Å². The first kappa shape index (κ1) is 17.6. The van der Waals surface area contributed by atoms with Crippen LogP contribution in [-0.2, 0) is 0 Å². The van der Waals surface area contributed by atoms with Gasteiger partial charge in [0.15, 0.2) is 0 Å². The molecule has 0 fully saturated rings. The van der Waals surface area contributed by atoms with Gasteiger partial charge >= 0.3 is 147 Å². The van der Waals surface area contributed by atoms with Gasteiger partial charge in [0.05, 0.1) is 0 Å². The zero-order valence-electron chi connectivity index (χ0n) is 13.8. The number of hydrogen-bond donors (Lipinski definition) is 0. The van der Waals surface area contributed by atoms with E-state index in [1.54, 1.807) is 0 Å². The summed E-state index contributed by atoms with van der Waals surface area (Å²) in [6.07, 6.45) is 8.73. The predicted molar refractivity (Wildman–Crippen MR) is 102 cm³/mol.